The first-order valence-corrected chi connectivity index (χ1v) is 7.48. The van der Waals surface area contributed by atoms with Gasteiger partial charge < -0.3 is 10.1 Å². The first-order valence-electron chi connectivity index (χ1n) is 6.68. The molecule has 0 radical (unpaired) electrons. The van der Waals surface area contributed by atoms with Gasteiger partial charge in [0.05, 0.1) is 6.20 Å². The molecule has 1 aromatic carbocycles. The van der Waals surface area contributed by atoms with Gasteiger partial charge in [0, 0.05) is 23.3 Å². The van der Waals surface area contributed by atoms with E-state index in [4.69, 9.17) is 4.74 Å². The molecule has 1 heterocycles. The highest BCUT2D eigenvalue weighted by Gasteiger charge is 2.04. The molecule has 0 amide bonds. The van der Waals surface area contributed by atoms with Gasteiger partial charge in [-0.2, -0.15) is 0 Å². The lowest BCUT2D eigenvalue weighted by atomic mass is 10.1. The van der Waals surface area contributed by atoms with E-state index in [1.807, 2.05) is 12.1 Å². The average molecular weight is 335 g/mol. The molecule has 1 N–H and O–H groups in total. The van der Waals surface area contributed by atoms with Crippen molar-refractivity contribution in [3.05, 3.63) is 58.3 Å². The first kappa shape index (κ1) is 15.0. The van der Waals surface area contributed by atoms with E-state index < -0.39 is 0 Å². The van der Waals surface area contributed by atoms with E-state index in [0.717, 1.165) is 16.8 Å². The SMILES string of the molecule is CC(C)NCc1ccccc1COc1cncc(Br)c1. The quantitative estimate of drug-likeness (QED) is 0.869. The van der Waals surface area contributed by atoms with Gasteiger partial charge in [-0.3, -0.25) is 4.98 Å². The van der Waals surface area contributed by atoms with Crippen LogP contribution in [-0.4, -0.2) is 11.0 Å². The lowest BCUT2D eigenvalue weighted by molar-refractivity contribution is 0.303. The summed E-state index contributed by atoms with van der Waals surface area (Å²) in [5.74, 6) is 0.769. The fourth-order valence-electron chi connectivity index (χ4n) is 1.82. The number of benzene rings is 1. The van der Waals surface area contributed by atoms with Crippen LogP contribution in [-0.2, 0) is 13.2 Å². The molecule has 2 aromatic rings. The Hall–Kier alpha value is -1.39. The van der Waals surface area contributed by atoms with Gasteiger partial charge in [-0.05, 0) is 33.1 Å². The second-order valence-electron chi connectivity index (χ2n) is 4.93. The Balaban J connectivity index is 2.02. The number of nitrogens with zero attached hydrogens (tertiary/aromatic N) is 1. The third-order valence-electron chi connectivity index (χ3n) is 2.89. The van der Waals surface area contributed by atoms with Crippen LogP contribution in [0.5, 0.6) is 5.75 Å². The molecule has 4 heteroatoms. The zero-order valence-electron chi connectivity index (χ0n) is 11.8. The average Bonchev–Trinajstić information content (AvgIpc) is 2.44. The van der Waals surface area contributed by atoms with Crippen molar-refractivity contribution in [1.29, 1.82) is 0 Å². The maximum Gasteiger partial charge on any atom is 0.139 e. The summed E-state index contributed by atoms with van der Waals surface area (Å²) in [6, 6.07) is 10.7. The van der Waals surface area contributed by atoms with Crippen LogP contribution in [0.3, 0.4) is 0 Å². The summed E-state index contributed by atoms with van der Waals surface area (Å²) >= 11 is 3.39. The largest absolute Gasteiger partial charge is 0.487 e. The molecule has 3 nitrogen and oxygen atoms in total. The minimum absolute atomic E-state index is 0.471. The highest BCUT2D eigenvalue weighted by molar-refractivity contribution is 9.10. The van der Waals surface area contributed by atoms with Gasteiger partial charge >= 0.3 is 0 Å². The molecule has 0 saturated carbocycles. The van der Waals surface area contributed by atoms with Crippen LogP contribution in [0.2, 0.25) is 0 Å². The van der Waals surface area contributed by atoms with E-state index in [0.29, 0.717) is 12.6 Å². The Labute approximate surface area is 128 Å². The number of pyridine rings is 1. The maximum absolute atomic E-state index is 5.80. The second-order valence-corrected chi connectivity index (χ2v) is 5.85. The van der Waals surface area contributed by atoms with E-state index in [2.05, 4.69) is 58.3 Å². The Bertz CT molecular complexity index is 558. The number of aromatic nitrogens is 1. The summed E-state index contributed by atoms with van der Waals surface area (Å²) in [7, 11) is 0. The van der Waals surface area contributed by atoms with Crippen LogP contribution in [0, 0.1) is 0 Å². The van der Waals surface area contributed by atoms with Crippen LogP contribution < -0.4 is 10.1 Å². The summed E-state index contributed by atoms with van der Waals surface area (Å²) in [4.78, 5) is 4.09. The van der Waals surface area contributed by atoms with Gasteiger partial charge in [-0.15, -0.1) is 0 Å². The number of nitrogens with one attached hydrogen (secondary N) is 1. The molecule has 0 aliphatic carbocycles. The summed E-state index contributed by atoms with van der Waals surface area (Å²) < 4.78 is 6.72. The standard InChI is InChI=1S/C16H19BrN2O/c1-12(2)19-8-13-5-3-4-6-14(13)11-20-16-7-15(17)9-18-10-16/h3-7,9-10,12,19H,8,11H2,1-2H3. The van der Waals surface area contributed by atoms with E-state index >= 15 is 0 Å². The normalized spacial score (nSPS) is 10.8. The molecule has 0 fully saturated rings. The van der Waals surface area contributed by atoms with Crippen LogP contribution in [0.15, 0.2) is 47.2 Å². The predicted molar refractivity (Wildman–Crippen MR) is 84.7 cm³/mol. The summed E-state index contributed by atoms with van der Waals surface area (Å²) in [6.07, 6.45) is 3.47. The molecule has 20 heavy (non-hydrogen) atoms. The highest BCUT2D eigenvalue weighted by atomic mass is 79.9. The Morgan fingerprint density at radius 1 is 1.20 bits per heavy atom. The molecule has 0 bridgehead atoms. The second kappa shape index (κ2) is 7.41. The van der Waals surface area contributed by atoms with Crippen LogP contribution in [0.4, 0.5) is 0 Å². The Morgan fingerprint density at radius 3 is 2.65 bits per heavy atom. The van der Waals surface area contributed by atoms with Crippen LogP contribution in [0.1, 0.15) is 25.0 Å². The highest BCUT2D eigenvalue weighted by Crippen LogP contribution is 2.18. The molecule has 0 saturated heterocycles. The molecule has 2 rings (SSSR count). The Morgan fingerprint density at radius 2 is 1.95 bits per heavy atom. The van der Waals surface area contributed by atoms with Gasteiger partial charge in [-0.25, -0.2) is 0 Å². The van der Waals surface area contributed by atoms with Crippen LogP contribution >= 0.6 is 15.9 Å². The molecule has 0 unspecified atom stereocenters. The van der Waals surface area contributed by atoms with E-state index in [1.165, 1.54) is 11.1 Å². The van der Waals surface area contributed by atoms with Crippen LogP contribution in [0.25, 0.3) is 0 Å². The number of rotatable bonds is 6. The van der Waals surface area contributed by atoms with Gasteiger partial charge in [-0.1, -0.05) is 38.1 Å². The van der Waals surface area contributed by atoms with Gasteiger partial charge in [0.2, 0.25) is 0 Å². The topological polar surface area (TPSA) is 34.1 Å². The monoisotopic (exact) mass is 334 g/mol. The number of hydrogen-bond acceptors (Lipinski definition) is 3. The lowest BCUT2D eigenvalue weighted by Gasteiger charge is -2.13. The van der Waals surface area contributed by atoms with E-state index in [9.17, 15) is 0 Å². The van der Waals surface area contributed by atoms with Gasteiger partial charge in [0.25, 0.3) is 0 Å². The number of halogens is 1. The van der Waals surface area contributed by atoms with Crippen molar-refractivity contribution >= 4 is 15.9 Å². The van der Waals surface area contributed by atoms with Crippen molar-refractivity contribution < 1.29 is 4.74 Å². The number of hydrogen-bond donors (Lipinski definition) is 1. The molecule has 0 atom stereocenters. The minimum Gasteiger partial charge on any atom is -0.487 e. The molecule has 106 valence electrons. The van der Waals surface area contributed by atoms with Crippen molar-refractivity contribution in [2.75, 3.05) is 0 Å². The fourth-order valence-corrected chi connectivity index (χ4v) is 2.16. The summed E-state index contributed by atoms with van der Waals surface area (Å²) in [6.45, 7) is 5.70. The third-order valence-corrected chi connectivity index (χ3v) is 3.33. The smallest absolute Gasteiger partial charge is 0.139 e. The van der Waals surface area contributed by atoms with Crippen molar-refractivity contribution in [2.24, 2.45) is 0 Å². The molecular formula is C16H19BrN2O. The zero-order valence-corrected chi connectivity index (χ0v) is 13.4. The predicted octanol–water partition coefficient (Wildman–Crippen LogP) is 3.92. The zero-order chi connectivity index (χ0) is 14.4. The lowest BCUT2D eigenvalue weighted by Crippen LogP contribution is -2.22. The van der Waals surface area contributed by atoms with E-state index in [1.54, 1.807) is 12.4 Å². The maximum atomic E-state index is 5.80. The van der Waals surface area contributed by atoms with Crippen molar-refractivity contribution in [1.82, 2.24) is 10.3 Å². The van der Waals surface area contributed by atoms with Gasteiger partial charge in [0.15, 0.2) is 0 Å². The Kier molecular flexibility index (Phi) is 5.56. The molecule has 0 aliphatic rings. The summed E-state index contributed by atoms with van der Waals surface area (Å²) in [5.41, 5.74) is 2.46. The summed E-state index contributed by atoms with van der Waals surface area (Å²) in [5, 5.41) is 3.43. The molecule has 0 spiro atoms. The van der Waals surface area contributed by atoms with Gasteiger partial charge in [0.1, 0.15) is 12.4 Å². The first-order chi connectivity index (χ1) is 9.65. The minimum atomic E-state index is 0.471. The molecular weight excluding hydrogens is 316 g/mol. The van der Waals surface area contributed by atoms with Crippen molar-refractivity contribution in [3.8, 4) is 5.75 Å². The molecule has 0 aliphatic heterocycles. The van der Waals surface area contributed by atoms with Crippen molar-refractivity contribution in [2.45, 2.75) is 33.0 Å². The van der Waals surface area contributed by atoms with Crippen molar-refractivity contribution in [3.63, 3.8) is 0 Å². The molecule has 1 aromatic heterocycles. The van der Waals surface area contributed by atoms with E-state index in [-0.39, 0.29) is 0 Å². The third kappa shape index (κ3) is 4.62. The number of ether oxygens (including phenoxy) is 1. The fraction of sp³-hybridized carbons (Fsp3) is 0.312.